The molecule has 0 spiro atoms. The second-order valence-electron chi connectivity index (χ2n) is 4.22. The van der Waals surface area contributed by atoms with Crippen molar-refractivity contribution in [3.05, 3.63) is 23.8 Å². The smallest absolute Gasteiger partial charge is 0.259 e. The molecule has 0 aliphatic heterocycles. The van der Waals surface area contributed by atoms with Gasteiger partial charge in [-0.15, -0.1) is 0 Å². The second kappa shape index (κ2) is 6.86. The van der Waals surface area contributed by atoms with E-state index in [1.165, 1.54) is 18.2 Å². The zero-order valence-corrected chi connectivity index (χ0v) is 10.5. The van der Waals surface area contributed by atoms with E-state index in [9.17, 15) is 15.0 Å². The van der Waals surface area contributed by atoms with E-state index in [4.69, 9.17) is 5.73 Å². The minimum Gasteiger partial charge on any atom is -0.507 e. The summed E-state index contributed by atoms with van der Waals surface area (Å²) < 4.78 is 0. The first-order valence-electron chi connectivity index (χ1n) is 6.12. The highest BCUT2D eigenvalue weighted by Crippen LogP contribution is 2.26. The maximum absolute atomic E-state index is 11.9. The predicted molar refractivity (Wildman–Crippen MR) is 69.6 cm³/mol. The predicted octanol–water partition coefficient (Wildman–Crippen LogP) is 1.35. The van der Waals surface area contributed by atoms with Crippen molar-refractivity contribution in [2.75, 3.05) is 6.54 Å². The Balaban J connectivity index is 2.75. The van der Waals surface area contributed by atoms with Crippen LogP contribution < -0.4 is 11.1 Å². The molecule has 0 aliphatic carbocycles. The lowest BCUT2D eigenvalue weighted by molar-refractivity contribution is 0.0930. The highest BCUT2D eigenvalue weighted by Gasteiger charge is 2.18. The summed E-state index contributed by atoms with van der Waals surface area (Å²) in [6.45, 7) is 2.39. The minimum atomic E-state index is -0.503. The maximum Gasteiger partial charge on any atom is 0.259 e. The van der Waals surface area contributed by atoms with Crippen molar-refractivity contribution in [1.82, 2.24) is 5.32 Å². The minimum absolute atomic E-state index is 0.104. The third kappa shape index (κ3) is 3.63. The summed E-state index contributed by atoms with van der Waals surface area (Å²) in [5.41, 5.74) is 5.47. The molecule has 0 heterocycles. The molecule has 5 nitrogen and oxygen atoms in total. The molecule has 18 heavy (non-hydrogen) atoms. The Kier molecular flexibility index (Phi) is 5.45. The number of carbonyl (C=O) groups excluding carboxylic acids is 1. The molecule has 1 amide bonds. The summed E-state index contributed by atoms with van der Waals surface area (Å²) in [5.74, 6) is -0.977. The summed E-state index contributed by atoms with van der Waals surface area (Å²) in [4.78, 5) is 11.9. The average Bonchev–Trinajstić information content (AvgIpc) is 2.34. The van der Waals surface area contributed by atoms with Crippen LogP contribution in [0.2, 0.25) is 0 Å². The molecule has 1 unspecified atom stereocenters. The standard InChI is InChI=1S/C13H20N2O3/c1-2-3-5-9(8-14)15-13(18)12-10(16)6-4-7-11(12)17/h4,6-7,9,16-17H,2-3,5,8,14H2,1H3,(H,15,18). The summed E-state index contributed by atoms with van der Waals surface area (Å²) in [6, 6.07) is 4.05. The van der Waals surface area contributed by atoms with Gasteiger partial charge < -0.3 is 21.3 Å². The Hall–Kier alpha value is -1.75. The van der Waals surface area contributed by atoms with E-state index in [-0.39, 0.29) is 23.1 Å². The van der Waals surface area contributed by atoms with Crippen LogP contribution in [0.4, 0.5) is 0 Å². The van der Waals surface area contributed by atoms with E-state index in [0.717, 1.165) is 19.3 Å². The number of nitrogens with two attached hydrogens (primary N) is 1. The first-order chi connectivity index (χ1) is 8.60. The van der Waals surface area contributed by atoms with E-state index in [1.807, 2.05) is 0 Å². The van der Waals surface area contributed by atoms with Gasteiger partial charge in [0, 0.05) is 12.6 Å². The largest absolute Gasteiger partial charge is 0.507 e. The highest BCUT2D eigenvalue weighted by molar-refractivity contribution is 5.99. The average molecular weight is 252 g/mol. The number of carbonyl (C=O) groups is 1. The fourth-order valence-corrected chi connectivity index (χ4v) is 1.72. The number of hydrogen-bond donors (Lipinski definition) is 4. The fraction of sp³-hybridized carbons (Fsp3) is 0.462. The van der Waals surface area contributed by atoms with Gasteiger partial charge in [-0.3, -0.25) is 4.79 Å². The highest BCUT2D eigenvalue weighted by atomic mass is 16.3. The molecule has 0 aromatic heterocycles. The molecule has 100 valence electrons. The molecule has 5 heteroatoms. The van der Waals surface area contributed by atoms with Crippen LogP contribution in [0.5, 0.6) is 11.5 Å². The second-order valence-corrected chi connectivity index (χ2v) is 4.22. The van der Waals surface area contributed by atoms with Crippen LogP contribution in [0.1, 0.15) is 36.5 Å². The zero-order valence-electron chi connectivity index (χ0n) is 10.5. The van der Waals surface area contributed by atoms with Crippen LogP contribution in [0.25, 0.3) is 0 Å². The van der Waals surface area contributed by atoms with E-state index >= 15 is 0 Å². The lowest BCUT2D eigenvalue weighted by Gasteiger charge is -2.17. The Bertz CT molecular complexity index is 387. The number of phenolic OH excluding ortho intramolecular Hbond substituents is 2. The normalized spacial score (nSPS) is 12.1. The molecular weight excluding hydrogens is 232 g/mol. The number of rotatable bonds is 6. The van der Waals surface area contributed by atoms with E-state index in [1.54, 1.807) is 0 Å². The number of unbranched alkanes of at least 4 members (excludes halogenated alkanes) is 1. The van der Waals surface area contributed by atoms with Gasteiger partial charge in [0.2, 0.25) is 0 Å². The zero-order chi connectivity index (χ0) is 13.5. The van der Waals surface area contributed by atoms with E-state index < -0.39 is 5.91 Å². The molecule has 0 fully saturated rings. The number of hydrogen-bond acceptors (Lipinski definition) is 4. The van der Waals surface area contributed by atoms with E-state index in [0.29, 0.717) is 6.54 Å². The molecule has 0 saturated heterocycles. The quantitative estimate of drug-likeness (QED) is 0.614. The molecule has 1 aromatic carbocycles. The van der Waals surface area contributed by atoms with Gasteiger partial charge in [0.25, 0.3) is 5.91 Å². The van der Waals surface area contributed by atoms with Crippen molar-refractivity contribution in [2.45, 2.75) is 32.2 Å². The topological polar surface area (TPSA) is 95.6 Å². The molecule has 0 bridgehead atoms. The van der Waals surface area contributed by atoms with Gasteiger partial charge in [-0.25, -0.2) is 0 Å². The van der Waals surface area contributed by atoms with Gasteiger partial charge in [0.1, 0.15) is 17.1 Å². The van der Waals surface area contributed by atoms with E-state index in [2.05, 4.69) is 12.2 Å². The van der Waals surface area contributed by atoms with Gasteiger partial charge in [0.15, 0.2) is 0 Å². The Morgan fingerprint density at radius 2 is 2.00 bits per heavy atom. The maximum atomic E-state index is 11.9. The third-order valence-electron chi connectivity index (χ3n) is 2.77. The van der Waals surface area contributed by atoms with Crippen LogP contribution >= 0.6 is 0 Å². The Morgan fingerprint density at radius 3 is 2.50 bits per heavy atom. The fourth-order valence-electron chi connectivity index (χ4n) is 1.72. The van der Waals surface area contributed by atoms with Gasteiger partial charge in [0.05, 0.1) is 0 Å². The van der Waals surface area contributed by atoms with Gasteiger partial charge >= 0.3 is 0 Å². The summed E-state index contributed by atoms with van der Waals surface area (Å²) in [5, 5.41) is 21.9. The molecule has 1 rings (SSSR count). The lowest BCUT2D eigenvalue weighted by atomic mass is 10.1. The summed E-state index contributed by atoms with van der Waals surface area (Å²) in [7, 11) is 0. The van der Waals surface area contributed by atoms with Crippen LogP contribution in [0, 0.1) is 0 Å². The summed E-state index contributed by atoms with van der Waals surface area (Å²) >= 11 is 0. The van der Waals surface area contributed by atoms with Crippen molar-refractivity contribution < 1.29 is 15.0 Å². The molecular formula is C13H20N2O3. The Labute approximate surface area is 107 Å². The van der Waals surface area contributed by atoms with Crippen LogP contribution in [-0.4, -0.2) is 28.7 Å². The van der Waals surface area contributed by atoms with Crippen LogP contribution in [0.3, 0.4) is 0 Å². The first kappa shape index (κ1) is 14.3. The van der Waals surface area contributed by atoms with Crippen molar-refractivity contribution in [2.24, 2.45) is 5.73 Å². The molecule has 0 radical (unpaired) electrons. The monoisotopic (exact) mass is 252 g/mol. The molecule has 5 N–H and O–H groups in total. The van der Waals surface area contributed by atoms with Gasteiger partial charge in [-0.2, -0.15) is 0 Å². The van der Waals surface area contributed by atoms with Crippen LogP contribution in [0.15, 0.2) is 18.2 Å². The molecule has 1 aromatic rings. The molecule has 0 saturated carbocycles. The molecule has 0 aliphatic rings. The molecule has 1 atom stereocenters. The number of amides is 1. The number of nitrogens with one attached hydrogen (secondary N) is 1. The summed E-state index contributed by atoms with van der Waals surface area (Å²) in [6.07, 6.45) is 2.77. The van der Waals surface area contributed by atoms with Crippen molar-refractivity contribution in [3.8, 4) is 11.5 Å². The van der Waals surface area contributed by atoms with Crippen molar-refractivity contribution >= 4 is 5.91 Å². The number of phenols is 2. The van der Waals surface area contributed by atoms with Gasteiger partial charge in [-0.1, -0.05) is 25.8 Å². The number of benzene rings is 1. The lowest BCUT2D eigenvalue weighted by Crippen LogP contribution is -2.40. The third-order valence-corrected chi connectivity index (χ3v) is 2.77. The number of aromatic hydroxyl groups is 2. The van der Waals surface area contributed by atoms with Crippen molar-refractivity contribution in [1.29, 1.82) is 0 Å². The SMILES string of the molecule is CCCCC(CN)NC(=O)c1c(O)cccc1O. The van der Waals surface area contributed by atoms with Crippen LogP contribution in [-0.2, 0) is 0 Å². The van der Waals surface area contributed by atoms with Crippen molar-refractivity contribution in [3.63, 3.8) is 0 Å². The van der Waals surface area contributed by atoms with Gasteiger partial charge in [-0.05, 0) is 18.6 Å². The Morgan fingerprint density at radius 1 is 1.39 bits per heavy atom. The first-order valence-corrected chi connectivity index (χ1v) is 6.12.